The Bertz CT molecular complexity index is 144. The van der Waals surface area contributed by atoms with Crippen LogP contribution in [-0.4, -0.2) is 31.4 Å². The van der Waals surface area contributed by atoms with Crippen molar-refractivity contribution < 1.29 is 19.4 Å². The normalized spacial score (nSPS) is 16.1. The minimum absolute atomic E-state index is 0.148. The van der Waals surface area contributed by atoms with Gasteiger partial charge in [0.25, 0.3) is 0 Å². The summed E-state index contributed by atoms with van der Waals surface area (Å²) in [5.74, 6) is -1.24. The first kappa shape index (κ1) is 11.4. The number of carbonyl (C=O) groups excluding carboxylic acids is 1. The Morgan fingerprint density at radius 3 is 2.08 bits per heavy atom. The summed E-state index contributed by atoms with van der Waals surface area (Å²) in [6.45, 7) is 5.15. The monoisotopic (exact) mass is 175 g/mol. The first-order valence-corrected chi connectivity index (χ1v) is 3.88. The third-order valence-electron chi connectivity index (χ3n) is 1.45. The van der Waals surface area contributed by atoms with Gasteiger partial charge in [0, 0.05) is 7.11 Å². The van der Waals surface area contributed by atoms with Crippen LogP contribution < -0.4 is 5.11 Å². The highest BCUT2D eigenvalue weighted by atomic mass is 16.6. The molecule has 4 heteroatoms. The molecule has 2 unspecified atom stereocenters. The molecule has 0 bridgehead atoms. The largest absolute Gasteiger partial charge is 0.547 e. The standard InChI is InChI=1S/C8H16O4/c1-5(2)12-7(8(9)10)6(3)11-4/h5-7H,1-4H3,(H,9,10)/p-1. The molecule has 0 aromatic rings. The van der Waals surface area contributed by atoms with Crippen LogP contribution in [0, 0.1) is 0 Å². The van der Waals surface area contributed by atoms with E-state index in [1.165, 1.54) is 7.11 Å². The number of ether oxygens (including phenoxy) is 2. The quantitative estimate of drug-likeness (QED) is 0.568. The molecule has 0 aliphatic rings. The second-order valence-corrected chi connectivity index (χ2v) is 2.87. The lowest BCUT2D eigenvalue weighted by Crippen LogP contribution is -2.46. The van der Waals surface area contributed by atoms with Crippen LogP contribution in [0.4, 0.5) is 0 Å². The summed E-state index contributed by atoms with van der Waals surface area (Å²) in [4.78, 5) is 10.5. The lowest BCUT2D eigenvalue weighted by atomic mass is 10.2. The minimum atomic E-state index is -1.24. The highest BCUT2D eigenvalue weighted by molar-refractivity contribution is 5.70. The zero-order valence-corrected chi connectivity index (χ0v) is 7.87. The molecule has 0 heterocycles. The molecule has 0 aromatic carbocycles. The van der Waals surface area contributed by atoms with Crippen LogP contribution in [0.5, 0.6) is 0 Å². The first-order valence-electron chi connectivity index (χ1n) is 3.88. The van der Waals surface area contributed by atoms with E-state index in [1.54, 1.807) is 20.8 Å². The highest BCUT2D eigenvalue weighted by Crippen LogP contribution is 2.05. The summed E-state index contributed by atoms with van der Waals surface area (Å²) < 4.78 is 9.91. The van der Waals surface area contributed by atoms with Crippen molar-refractivity contribution in [3.8, 4) is 0 Å². The zero-order chi connectivity index (χ0) is 9.72. The number of methoxy groups -OCH3 is 1. The van der Waals surface area contributed by atoms with Crippen LogP contribution >= 0.6 is 0 Å². The van der Waals surface area contributed by atoms with Crippen molar-refractivity contribution >= 4 is 5.97 Å². The SMILES string of the molecule is COC(C)C(OC(C)C)C(=O)[O-]. The van der Waals surface area contributed by atoms with E-state index in [0.29, 0.717) is 0 Å². The Labute approximate surface area is 72.5 Å². The lowest BCUT2D eigenvalue weighted by molar-refractivity contribution is -0.322. The second kappa shape index (κ2) is 5.11. The molecule has 4 nitrogen and oxygen atoms in total. The Balaban J connectivity index is 4.13. The lowest BCUT2D eigenvalue weighted by Gasteiger charge is -2.25. The third kappa shape index (κ3) is 3.69. The Hall–Kier alpha value is -0.610. The first-order chi connectivity index (χ1) is 5.49. The highest BCUT2D eigenvalue weighted by Gasteiger charge is 2.19. The molecule has 0 amide bonds. The van der Waals surface area contributed by atoms with Crippen molar-refractivity contribution in [2.45, 2.75) is 39.1 Å². The molecule has 0 saturated heterocycles. The van der Waals surface area contributed by atoms with Gasteiger partial charge < -0.3 is 19.4 Å². The molecule has 0 spiro atoms. The number of aliphatic carboxylic acids is 1. The molecule has 0 saturated carbocycles. The van der Waals surface area contributed by atoms with Crippen molar-refractivity contribution in [1.29, 1.82) is 0 Å². The third-order valence-corrected chi connectivity index (χ3v) is 1.45. The number of hydrogen-bond donors (Lipinski definition) is 0. The van der Waals surface area contributed by atoms with Gasteiger partial charge in [-0.05, 0) is 20.8 Å². The van der Waals surface area contributed by atoms with E-state index in [4.69, 9.17) is 9.47 Å². The number of carboxylic acids is 1. The Kier molecular flexibility index (Phi) is 4.85. The molecule has 12 heavy (non-hydrogen) atoms. The van der Waals surface area contributed by atoms with Crippen LogP contribution in [-0.2, 0) is 14.3 Å². The van der Waals surface area contributed by atoms with Crippen LogP contribution in [0.1, 0.15) is 20.8 Å². The van der Waals surface area contributed by atoms with Gasteiger partial charge in [0.15, 0.2) is 0 Å². The number of carbonyl (C=O) groups is 1. The van der Waals surface area contributed by atoms with Crippen LogP contribution in [0.25, 0.3) is 0 Å². The summed E-state index contributed by atoms with van der Waals surface area (Å²) in [5.41, 5.74) is 0. The topological polar surface area (TPSA) is 58.6 Å². The molecule has 0 fully saturated rings. The van der Waals surface area contributed by atoms with Crippen molar-refractivity contribution in [3.63, 3.8) is 0 Å². The summed E-state index contributed by atoms with van der Waals surface area (Å²) in [6.07, 6.45) is -1.63. The fourth-order valence-electron chi connectivity index (χ4n) is 0.775. The number of rotatable bonds is 5. The van der Waals surface area contributed by atoms with Gasteiger partial charge in [-0.2, -0.15) is 0 Å². The van der Waals surface area contributed by atoms with E-state index in [0.717, 1.165) is 0 Å². The van der Waals surface area contributed by atoms with Gasteiger partial charge in [0.05, 0.1) is 18.2 Å². The number of hydrogen-bond acceptors (Lipinski definition) is 4. The molecule has 2 atom stereocenters. The summed E-state index contributed by atoms with van der Waals surface area (Å²) >= 11 is 0. The van der Waals surface area contributed by atoms with E-state index in [-0.39, 0.29) is 6.10 Å². The summed E-state index contributed by atoms with van der Waals surface area (Å²) in [6, 6.07) is 0. The average Bonchev–Trinajstić information content (AvgIpc) is 1.98. The van der Waals surface area contributed by atoms with E-state index in [2.05, 4.69) is 0 Å². The van der Waals surface area contributed by atoms with Crippen LogP contribution in [0.3, 0.4) is 0 Å². The maximum absolute atomic E-state index is 10.5. The van der Waals surface area contributed by atoms with Crippen molar-refractivity contribution in [2.24, 2.45) is 0 Å². The Morgan fingerprint density at radius 1 is 1.33 bits per heavy atom. The predicted molar refractivity (Wildman–Crippen MR) is 41.5 cm³/mol. The average molecular weight is 175 g/mol. The van der Waals surface area contributed by atoms with Crippen LogP contribution in [0.15, 0.2) is 0 Å². The van der Waals surface area contributed by atoms with Gasteiger partial charge in [-0.1, -0.05) is 0 Å². The molecule has 0 N–H and O–H groups in total. The van der Waals surface area contributed by atoms with Gasteiger partial charge in [-0.25, -0.2) is 0 Å². The van der Waals surface area contributed by atoms with Gasteiger partial charge >= 0.3 is 0 Å². The fourth-order valence-corrected chi connectivity index (χ4v) is 0.775. The Morgan fingerprint density at radius 2 is 1.83 bits per heavy atom. The fraction of sp³-hybridized carbons (Fsp3) is 0.875. The van der Waals surface area contributed by atoms with E-state index in [1.807, 2.05) is 0 Å². The molecule has 72 valence electrons. The molecule has 0 rings (SSSR count). The van der Waals surface area contributed by atoms with Crippen molar-refractivity contribution in [1.82, 2.24) is 0 Å². The van der Waals surface area contributed by atoms with Crippen molar-refractivity contribution in [3.05, 3.63) is 0 Å². The molecule has 0 radical (unpaired) electrons. The van der Waals surface area contributed by atoms with Crippen LogP contribution in [0.2, 0.25) is 0 Å². The van der Waals surface area contributed by atoms with Gasteiger partial charge in [0.2, 0.25) is 0 Å². The summed E-state index contributed by atoms with van der Waals surface area (Å²) in [5, 5.41) is 10.5. The molecule has 0 aliphatic carbocycles. The molecule has 0 aliphatic heterocycles. The summed E-state index contributed by atoms with van der Waals surface area (Å²) in [7, 11) is 1.43. The van der Waals surface area contributed by atoms with Gasteiger partial charge in [0.1, 0.15) is 6.10 Å². The smallest absolute Gasteiger partial charge is 0.123 e. The maximum Gasteiger partial charge on any atom is 0.123 e. The van der Waals surface area contributed by atoms with Gasteiger partial charge in [-0.3, -0.25) is 0 Å². The predicted octanol–water partition coefficient (Wildman–Crippen LogP) is -0.435. The maximum atomic E-state index is 10.5. The molecular weight excluding hydrogens is 160 g/mol. The van der Waals surface area contributed by atoms with Gasteiger partial charge in [-0.15, -0.1) is 0 Å². The minimum Gasteiger partial charge on any atom is -0.547 e. The molecule has 0 aromatic heterocycles. The zero-order valence-electron chi connectivity index (χ0n) is 7.87. The van der Waals surface area contributed by atoms with Crippen molar-refractivity contribution in [2.75, 3.05) is 7.11 Å². The molecular formula is C8H15O4-. The second-order valence-electron chi connectivity index (χ2n) is 2.87. The number of carboxylic acid groups (broad SMARTS) is 1. The van der Waals surface area contributed by atoms with E-state index in [9.17, 15) is 9.90 Å². The van der Waals surface area contributed by atoms with E-state index >= 15 is 0 Å². The van der Waals surface area contributed by atoms with E-state index < -0.39 is 18.2 Å².